The molecule has 0 saturated heterocycles. The lowest BCUT2D eigenvalue weighted by Crippen LogP contribution is -2.51. The van der Waals surface area contributed by atoms with Gasteiger partial charge >= 0.3 is 0 Å². The van der Waals surface area contributed by atoms with Gasteiger partial charge in [-0.05, 0) is 74.7 Å². The van der Waals surface area contributed by atoms with Gasteiger partial charge in [-0.1, -0.05) is 42.5 Å². The third-order valence-corrected chi connectivity index (χ3v) is 6.69. The predicted octanol–water partition coefficient (Wildman–Crippen LogP) is 4.97. The van der Waals surface area contributed by atoms with Gasteiger partial charge in [0.25, 0.3) is 0 Å². The normalized spacial score (nSPS) is 12.3. The number of hydrogen-bond acceptors (Lipinski definition) is 5. The number of nitrogens with one attached hydrogen (secondary N) is 1. The fraction of sp³-hybridized carbons (Fsp3) is 0.310. The number of rotatable bonds is 9. The number of benzene rings is 3. The molecule has 198 valence electrons. The molecular formula is C29H32FN5O3. The summed E-state index contributed by atoms with van der Waals surface area (Å²) in [5.41, 5.74) is 2.02. The molecule has 0 unspecified atom stereocenters. The highest BCUT2D eigenvalue weighted by Crippen LogP contribution is 2.31. The van der Waals surface area contributed by atoms with Gasteiger partial charge in [-0.15, -0.1) is 5.10 Å². The Morgan fingerprint density at radius 2 is 1.82 bits per heavy atom. The van der Waals surface area contributed by atoms with Crippen molar-refractivity contribution < 1.29 is 18.7 Å². The Morgan fingerprint density at radius 3 is 2.47 bits per heavy atom. The van der Waals surface area contributed by atoms with Crippen LogP contribution in [0.15, 0.2) is 66.7 Å². The molecule has 0 bridgehead atoms. The maximum atomic E-state index is 14.8. The Balaban J connectivity index is 1.84. The number of nitrogens with zero attached hydrogens (tertiary/aromatic N) is 4. The summed E-state index contributed by atoms with van der Waals surface area (Å²) in [6, 6.07) is 17.6. The Morgan fingerprint density at radius 1 is 1.11 bits per heavy atom. The van der Waals surface area contributed by atoms with Crippen molar-refractivity contribution in [3.63, 3.8) is 0 Å². The number of para-hydroxylation sites is 1. The van der Waals surface area contributed by atoms with Crippen LogP contribution in [-0.2, 0) is 16.1 Å². The second-order valence-electron chi connectivity index (χ2n) is 9.84. The molecule has 9 heteroatoms. The molecule has 0 aliphatic heterocycles. The van der Waals surface area contributed by atoms with Crippen LogP contribution in [0.5, 0.6) is 5.75 Å². The molecule has 1 aromatic heterocycles. The predicted molar refractivity (Wildman–Crippen MR) is 144 cm³/mol. The number of methoxy groups -OCH3 is 1. The number of halogens is 1. The molecular weight excluding hydrogens is 485 g/mol. The van der Waals surface area contributed by atoms with E-state index in [2.05, 4.69) is 15.6 Å². The van der Waals surface area contributed by atoms with Crippen LogP contribution in [0.2, 0.25) is 0 Å². The zero-order valence-electron chi connectivity index (χ0n) is 22.2. The molecule has 0 spiro atoms. The summed E-state index contributed by atoms with van der Waals surface area (Å²) < 4.78 is 21.6. The van der Waals surface area contributed by atoms with Gasteiger partial charge in [-0.2, -0.15) is 0 Å². The number of carbonyl (C=O) groups is 2. The number of aryl methyl sites for hydroxylation is 1. The molecule has 2 amide bonds. The highest BCUT2D eigenvalue weighted by Gasteiger charge is 2.35. The summed E-state index contributed by atoms with van der Waals surface area (Å²) in [6.45, 7) is 7.23. The first-order valence-electron chi connectivity index (χ1n) is 12.5. The maximum absolute atomic E-state index is 14.8. The first kappa shape index (κ1) is 26.8. The minimum atomic E-state index is -1.09. The van der Waals surface area contributed by atoms with Crippen molar-refractivity contribution in [2.75, 3.05) is 12.0 Å². The number of ether oxygens (including phenoxy) is 1. The van der Waals surface area contributed by atoms with Gasteiger partial charge in [-0.3, -0.25) is 14.5 Å². The molecule has 1 heterocycles. The van der Waals surface area contributed by atoms with Crippen LogP contribution in [-0.4, -0.2) is 39.5 Å². The van der Waals surface area contributed by atoms with E-state index in [4.69, 9.17) is 4.74 Å². The minimum absolute atomic E-state index is 0.201. The van der Waals surface area contributed by atoms with Crippen LogP contribution >= 0.6 is 0 Å². The largest absolute Gasteiger partial charge is 0.497 e. The van der Waals surface area contributed by atoms with E-state index in [9.17, 15) is 14.0 Å². The third-order valence-electron chi connectivity index (χ3n) is 6.69. The summed E-state index contributed by atoms with van der Waals surface area (Å²) in [5.74, 6) is -0.710. The average molecular weight is 518 g/mol. The highest BCUT2D eigenvalue weighted by molar-refractivity contribution is 6.01. The van der Waals surface area contributed by atoms with E-state index in [1.807, 2.05) is 39.0 Å². The van der Waals surface area contributed by atoms with E-state index in [-0.39, 0.29) is 18.1 Å². The number of amides is 2. The third kappa shape index (κ3) is 5.66. The first-order chi connectivity index (χ1) is 18.1. The van der Waals surface area contributed by atoms with Gasteiger partial charge in [-0.25, -0.2) is 9.07 Å². The molecule has 0 saturated carbocycles. The van der Waals surface area contributed by atoms with E-state index >= 15 is 0 Å². The number of hydrogen-bond donors (Lipinski definition) is 1. The number of aromatic nitrogens is 3. The summed E-state index contributed by atoms with van der Waals surface area (Å²) in [7, 11) is 1.55. The topological polar surface area (TPSA) is 89.4 Å². The van der Waals surface area contributed by atoms with E-state index in [1.54, 1.807) is 56.5 Å². The zero-order chi connectivity index (χ0) is 27.4. The lowest BCUT2D eigenvalue weighted by Gasteiger charge is -2.34. The second kappa shape index (κ2) is 11.0. The van der Waals surface area contributed by atoms with Crippen LogP contribution < -0.4 is 15.0 Å². The molecule has 4 aromatic rings. The number of carbonyl (C=O) groups excluding carboxylic acids is 2. The Bertz CT molecular complexity index is 1450. The van der Waals surface area contributed by atoms with Gasteiger partial charge < -0.3 is 10.1 Å². The first-order valence-corrected chi connectivity index (χ1v) is 12.5. The molecule has 0 aliphatic rings. The SMILES string of the molecule is CCC(C)(C)NC(=O)[C@@H](c1ccc(OC)cc1)N(C(=O)Cn1nnc2ccccc21)c1ccc(C)c(F)c1. The molecule has 0 fully saturated rings. The summed E-state index contributed by atoms with van der Waals surface area (Å²) in [4.78, 5) is 29.3. The van der Waals surface area contributed by atoms with Gasteiger partial charge in [0.05, 0.1) is 12.6 Å². The fourth-order valence-corrected chi connectivity index (χ4v) is 4.10. The van der Waals surface area contributed by atoms with E-state index in [0.29, 0.717) is 34.3 Å². The van der Waals surface area contributed by atoms with Gasteiger partial charge in [0.1, 0.15) is 29.7 Å². The summed E-state index contributed by atoms with van der Waals surface area (Å²) in [5, 5.41) is 11.3. The highest BCUT2D eigenvalue weighted by atomic mass is 19.1. The molecule has 0 radical (unpaired) electrons. The van der Waals surface area contributed by atoms with Crippen LogP contribution in [0, 0.1) is 12.7 Å². The molecule has 1 atom stereocenters. The van der Waals surface area contributed by atoms with Crippen molar-refractivity contribution in [1.29, 1.82) is 0 Å². The molecule has 38 heavy (non-hydrogen) atoms. The van der Waals surface area contributed by atoms with Crippen LogP contribution in [0.1, 0.15) is 44.4 Å². The Labute approximate surface area is 221 Å². The zero-order valence-corrected chi connectivity index (χ0v) is 22.2. The summed E-state index contributed by atoms with van der Waals surface area (Å²) >= 11 is 0. The molecule has 3 aromatic carbocycles. The molecule has 1 N–H and O–H groups in total. The van der Waals surface area contributed by atoms with E-state index in [1.165, 1.54) is 15.6 Å². The smallest absolute Gasteiger partial charge is 0.249 e. The van der Waals surface area contributed by atoms with Crippen molar-refractivity contribution in [3.05, 3.63) is 83.7 Å². The lowest BCUT2D eigenvalue weighted by atomic mass is 9.98. The van der Waals surface area contributed by atoms with Crippen LogP contribution in [0.25, 0.3) is 11.0 Å². The maximum Gasteiger partial charge on any atom is 0.249 e. The number of anilines is 1. The van der Waals surface area contributed by atoms with Gasteiger partial charge in [0.2, 0.25) is 11.8 Å². The standard InChI is InChI=1S/C29H32FN5O3/c1-6-29(3,4)31-28(37)27(20-12-15-22(38-5)16-13-20)35(21-14-11-19(2)23(30)17-21)26(36)18-34-25-10-8-7-9-24(25)32-33-34/h7-17,27H,6,18H2,1-5H3,(H,31,37)/t27-/m1/s1. The van der Waals surface area contributed by atoms with Crippen molar-refractivity contribution in [1.82, 2.24) is 20.3 Å². The van der Waals surface area contributed by atoms with Gasteiger partial charge in [0, 0.05) is 11.2 Å². The quantitative estimate of drug-likeness (QED) is 0.339. The van der Waals surface area contributed by atoms with Crippen molar-refractivity contribution in [2.45, 2.75) is 52.2 Å². The van der Waals surface area contributed by atoms with Crippen molar-refractivity contribution >= 4 is 28.5 Å². The Kier molecular flexibility index (Phi) is 7.75. The van der Waals surface area contributed by atoms with E-state index in [0.717, 1.165) is 0 Å². The minimum Gasteiger partial charge on any atom is -0.497 e. The van der Waals surface area contributed by atoms with Crippen LogP contribution in [0.3, 0.4) is 0 Å². The monoisotopic (exact) mass is 517 g/mol. The van der Waals surface area contributed by atoms with Crippen molar-refractivity contribution in [2.24, 2.45) is 0 Å². The van der Waals surface area contributed by atoms with Gasteiger partial charge in [0.15, 0.2) is 0 Å². The lowest BCUT2D eigenvalue weighted by molar-refractivity contribution is -0.128. The van der Waals surface area contributed by atoms with Crippen LogP contribution in [0.4, 0.5) is 10.1 Å². The fourth-order valence-electron chi connectivity index (χ4n) is 4.10. The average Bonchev–Trinajstić information content (AvgIpc) is 3.31. The van der Waals surface area contributed by atoms with Crippen molar-refractivity contribution in [3.8, 4) is 5.75 Å². The number of fused-ring (bicyclic) bond motifs is 1. The van der Waals surface area contributed by atoms with E-state index < -0.39 is 23.3 Å². The second-order valence-corrected chi connectivity index (χ2v) is 9.84. The Hall–Kier alpha value is -4.27. The molecule has 8 nitrogen and oxygen atoms in total. The summed E-state index contributed by atoms with van der Waals surface area (Å²) in [6.07, 6.45) is 0.673. The molecule has 0 aliphatic carbocycles. The molecule has 4 rings (SSSR count).